The Kier molecular flexibility index (Phi) is 6.80. The van der Waals surface area contributed by atoms with Gasteiger partial charge in [0.2, 0.25) is 5.91 Å². The number of aryl methyl sites for hydroxylation is 1. The number of rotatable bonds is 8. The molecule has 1 heterocycles. The summed E-state index contributed by atoms with van der Waals surface area (Å²) in [7, 11) is 0. The molecule has 0 bridgehead atoms. The Balaban J connectivity index is 1.43. The van der Waals surface area contributed by atoms with Crippen molar-refractivity contribution >= 4 is 29.0 Å². The summed E-state index contributed by atoms with van der Waals surface area (Å²) in [5, 5.41) is 8.05. The third kappa shape index (κ3) is 6.62. The van der Waals surface area contributed by atoms with E-state index in [-0.39, 0.29) is 12.3 Å². The van der Waals surface area contributed by atoms with Crippen molar-refractivity contribution in [2.75, 3.05) is 5.32 Å². The number of primary amides is 1. The minimum Gasteiger partial charge on any atom is -0.486 e. The maximum absolute atomic E-state index is 12.2. The number of aromatic nitrogens is 1. The van der Waals surface area contributed by atoms with Gasteiger partial charge in [0.05, 0.1) is 12.1 Å². The number of hydrogen-bond acceptors (Lipinski definition) is 5. The molecule has 0 saturated heterocycles. The lowest BCUT2D eigenvalue weighted by Gasteiger charge is -2.06. The molecule has 0 aliphatic rings. The van der Waals surface area contributed by atoms with Crippen molar-refractivity contribution in [3.63, 3.8) is 0 Å². The molecule has 0 fully saturated rings. The maximum Gasteiger partial charge on any atom is 0.316 e. The van der Waals surface area contributed by atoms with Crippen LogP contribution in [0.2, 0.25) is 0 Å². The van der Waals surface area contributed by atoms with Crippen molar-refractivity contribution in [3.8, 4) is 5.75 Å². The Morgan fingerprint density at radius 3 is 2.52 bits per heavy atom. The molecule has 0 unspecified atom stereocenters. The van der Waals surface area contributed by atoms with Crippen molar-refractivity contribution in [1.82, 2.24) is 10.3 Å². The highest BCUT2D eigenvalue weighted by Crippen LogP contribution is 2.16. The SMILES string of the molecule is Cc1ccc(OCc2nc(CC(=O)NCc3ccc(NC(N)=O)cc3)cs2)cc1. The normalized spacial score (nSPS) is 10.4. The lowest BCUT2D eigenvalue weighted by atomic mass is 10.2. The molecule has 4 N–H and O–H groups in total. The lowest BCUT2D eigenvalue weighted by molar-refractivity contribution is -0.120. The van der Waals surface area contributed by atoms with Crippen molar-refractivity contribution in [2.45, 2.75) is 26.5 Å². The largest absolute Gasteiger partial charge is 0.486 e. The number of thiazole rings is 1. The summed E-state index contributed by atoms with van der Waals surface area (Å²) in [4.78, 5) is 27.4. The van der Waals surface area contributed by atoms with Crippen LogP contribution >= 0.6 is 11.3 Å². The van der Waals surface area contributed by atoms with Crippen LogP contribution in [0.1, 0.15) is 21.8 Å². The van der Waals surface area contributed by atoms with E-state index in [0.717, 1.165) is 22.0 Å². The van der Waals surface area contributed by atoms with Gasteiger partial charge in [-0.2, -0.15) is 0 Å². The summed E-state index contributed by atoms with van der Waals surface area (Å²) in [6.07, 6.45) is 0.211. The van der Waals surface area contributed by atoms with Gasteiger partial charge in [-0.05, 0) is 36.8 Å². The number of carbonyl (C=O) groups is 2. The van der Waals surface area contributed by atoms with Gasteiger partial charge in [0, 0.05) is 17.6 Å². The first-order valence-electron chi connectivity index (χ1n) is 9.03. The quantitative estimate of drug-likeness (QED) is 0.529. The van der Waals surface area contributed by atoms with Gasteiger partial charge in [-0.25, -0.2) is 9.78 Å². The van der Waals surface area contributed by atoms with Crippen LogP contribution in [0.4, 0.5) is 10.5 Å². The molecule has 29 heavy (non-hydrogen) atoms. The molecule has 1 aromatic heterocycles. The number of benzene rings is 2. The maximum atomic E-state index is 12.2. The molecule has 3 aromatic rings. The van der Waals surface area contributed by atoms with Crippen LogP contribution in [0, 0.1) is 6.92 Å². The third-order valence-corrected chi connectivity index (χ3v) is 4.91. The molecule has 150 valence electrons. The van der Waals surface area contributed by atoms with Gasteiger partial charge in [0.25, 0.3) is 0 Å². The van der Waals surface area contributed by atoms with Crippen LogP contribution in [0.15, 0.2) is 53.9 Å². The highest BCUT2D eigenvalue weighted by atomic mass is 32.1. The van der Waals surface area contributed by atoms with Gasteiger partial charge >= 0.3 is 6.03 Å². The van der Waals surface area contributed by atoms with E-state index in [0.29, 0.717) is 18.8 Å². The van der Waals surface area contributed by atoms with Crippen molar-refractivity contribution in [1.29, 1.82) is 0 Å². The van der Waals surface area contributed by atoms with Crippen LogP contribution < -0.4 is 21.1 Å². The fourth-order valence-electron chi connectivity index (χ4n) is 2.55. The second-order valence-corrected chi connectivity index (χ2v) is 7.42. The van der Waals surface area contributed by atoms with Crippen LogP contribution in [0.5, 0.6) is 5.75 Å². The molecule has 0 atom stereocenters. The molecule has 3 rings (SSSR count). The fourth-order valence-corrected chi connectivity index (χ4v) is 3.26. The van der Waals surface area contributed by atoms with Crippen molar-refractivity contribution < 1.29 is 14.3 Å². The van der Waals surface area contributed by atoms with E-state index in [2.05, 4.69) is 15.6 Å². The van der Waals surface area contributed by atoms with E-state index in [4.69, 9.17) is 10.5 Å². The first-order chi connectivity index (χ1) is 14.0. The highest BCUT2D eigenvalue weighted by Gasteiger charge is 2.08. The second kappa shape index (κ2) is 9.70. The molecule has 8 heteroatoms. The first kappa shape index (κ1) is 20.3. The summed E-state index contributed by atoms with van der Waals surface area (Å²) in [6, 6.07) is 14.3. The predicted octanol–water partition coefficient (Wildman–Crippen LogP) is 3.38. The molecular weight excluding hydrogens is 388 g/mol. The Morgan fingerprint density at radius 1 is 1.10 bits per heavy atom. The van der Waals surface area contributed by atoms with Crippen molar-refractivity contribution in [3.05, 3.63) is 75.7 Å². The number of hydrogen-bond donors (Lipinski definition) is 3. The monoisotopic (exact) mass is 410 g/mol. The average molecular weight is 410 g/mol. The van der Waals surface area contributed by atoms with Gasteiger partial charge < -0.3 is 21.1 Å². The van der Waals surface area contributed by atoms with E-state index >= 15 is 0 Å². The van der Waals surface area contributed by atoms with E-state index in [1.807, 2.05) is 48.7 Å². The number of urea groups is 1. The zero-order valence-corrected chi connectivity index (χ0v) is 16.8. The van der Waals surface area contributed by atoms with Gasteiger partial charge in [-0.3, -0.25) is 4.79 Å². The Morgan fingerprint density at radius 2 is 1.83 bits per heavy atom. The smallest absolute Gasteiger partial charge is 0.316 e. The second-order valence-electron chi connectivity index (χ2n) is 6.47. The minimum absolute atomic E-state index is 0.111. The van der Waals surface area contributed by atoms with Gasteiger partial charge in [-0.15, -0.1) is 11.3 Å². The molecule has 0 aliphatic heterocycles. The van der Waals surface area contributed by atoms with E-state index in [9.17, 15) is 9.59 Å². The molecule has 0 aliphatic carbocycles. The zero-order valence-electron chi connectivity index (χ0n) is 16.0. The van der Waals surface area contributed by atoms with E-state index in [1.54, 1.807) is 12.1 Å². The highest BCUT2D eigenvalue weighted by molar-refractivity contribution is 7.09. The lowest BCUT2D eigenvalue weighted by Crippen LogP contribution is -2.24. The van der Waals surface area contributed by atoms with Gasteiger partial charge in [0.15, 0.2) is 0 Å². The molecule has 2 aromatic carbocycles. The van der Waals surface area contributed by atoms with Crippen LogP contribution in [0.25, 0.3) is 0 Å². The Hall–Kier alpha value is -3.39. The number of nitrogens with two attached hydrogens (primary N) is 1. The zero-order chi connectivity index (χ0) is 20.6. The summed E-state index contributed by atoms with van der Waals surface area (Å²) in [5.41, 5.74) is 8.49. The van der Waals surface area contributed by atoms with Crippen LogP contribution in [-0.4, -0.2) is 16.9 Å². The number of anilines is 1. The Bertz CT molecular complexity index is 968. The number of carbonyl (C=O) groups excluding carboxylic acids is 2. The Labute approximate surface area is 172 Å². The van der Waals surface area contributed by atoms with Crippen LogP contribution in [-0.2, 0) is 24.4 Å². The molecule has 0 radical (unpaired) electrons. The first-order valence-corrected chi connectivity index (χ1v) is 9.91. The molecule has 3 amide bonds. The minimum atomic E-state index is -0.613. The van der Waals surface area contributed by atoms with Crippen LogP contribution in [0.3, 0.4) is 0 Å². The molecule has 0 saturated carbocycles. The third-order valence-electron chi connectivity index (χ3n) is 4.04. The standard InChI is InChI=1S/C21H22N4O3S/c1-14-2-8-18(9-3-14)28-12-20-24-17(13-29-20)10-19(26)23-11-15-4-6-16(7-5-15)25-21(22)27/h2-9,13H,10-12H2,1H3,(H,23,26)(H3,22,25,27). The number of nitrogens with one attached hydrogen (secondary N) is 2. The molecule has 7 nitrogen and oxygen atoms in total. The number of nitrogens with zero attached hydrogens (tertiary/aromatic N) is 1. The average Bonchev–Trinajstić information content (AvgIpc) is 3.14. The molecule has 0 spiro atoms. The van der Waals surface area contributed by atoms with E-state index in [1.165, 1.54) is 16.9 Å². The van der Waals surface area contributed by atoms with Gasteiger partial charge in [-0.1, -0.05) is 29.8 Å². The van der Waals surface area contributed by atoms with Gasteiger partial charge in [0.1, 0.15) is 17.4 Å². The summed E-state index contributed by atoms with van der Waals surface area (Å²) in [5.74, 6) is 0.683. The summed E-state index contributed by atoms with van der Waals surface area (Å²) < 4.78 is 5.72. The summed E-state index contributed by atoms with van der Waals surface area (Å²) >= 11 is 1.47. The summed E-state index contributed by atoms with van der Waals surface area (Å²) in [6.45, 7) is 2.79. The molecular formula is C21H22N4O3S. The fraction of sp³-hybridized carbons (Fsp3) is 0.190. The number of amides is 3. The topological polar surface area (TPSA) is 106 Å². The van der Waals surface area contributed by atoms with Crippen molar-refractivity contribution in [2.24, 2.45) is 5.73 Å². The number of ether oxygens (including phenoxy) is 1. The van der Waals surface area contributed by atoms with E-state index < -0.39 is 6.03 Å². The predicted molar refractivity (Wildman–Crippen MR) is 113 cm³/mol.